The lowest BCUT2D eigenvalue weighted by atomic mass is 10.0. The number of carbonyl (C=O) groups excluding carboxylic acids is 1. The number of nitrogens with one attached hydrogen (secondary N) is 1. The Hall–Kier alpha value is -1.14. The van der Waals surface area contributed by atoms with E-state index in [2.05, 4.69) is 30.6 Å². The van der Waals surface area contributed by atoms with Gasteiger partial charge in [-0.25, -0.2) is 0 Å². The van der Waals surface area contributed by atoms with Gasteiger partial charge in [0, 0.05) is 19.6 Å². The molecule has 2 atom stereocenters. The second-order valence-electron chi connectivity index (χ2n) is 5.54. The van der Waals surface area contributed by atoms with Crippen molar-refractivity contribution >= 4 is 39.7 Å². The smallest absolute Gasteiger partial charge is 0.263 e. The topological polar surface area (TPSA) is 58.4 Å². The molecule has 0 bridgehead atoms. The first-order valence-corrected chi connectivity index (χ1v) is 9.14. The lowest BCUT2D eigenvalue weighted by Gasteiger charge is -2.17. The van der Waals surface area contributed by atoms with Crippen LogP contribution >= 0.6 is 23.1 Å². The maximum atomic E-state index is 12.2. The molecule has 0 spiro atoms. The fourth-order valence-electron chi connectivity index (χ4n) is 2.53. The van der Waals surface area contributed by atoms with Gasteiger partial charge in [-0.05, 0) is 18.1 Å². The van der Waals surface area contributed by atoms with E-state index in [1.165, 1.54) is 11.3 Å². The third-order valence-electron chi connectivity index (χ3n) is 3.97. The van der Waals surface area contributed by atoms with E-state index in [0.29, 0.717) is 28.9 Å². The molecule has 1 saturated heterocycles. The van der Waals surface area contributed by atoms with Gasteiger partial charge in [0.15, 0.2) is 0 Å². The van der Waals surface area contributed by atoms with Crippen molar-refractivity contribution in [2.75, 3.05) is 36.5 Å². The van der Waals surface area contributed by atoms with Gasteiger partial charge in [0.25, 0.3) is 5.91 Å². The minimum atomic E-state index is -0.112. The zero-order chi connectivity index (χ0) is 15.6. The van der Waals surface area contributed by atoms with Crippen LogP contribution in [0.3, 0.4) is 0 Å². The second kappa shape index (κ2) is 6.75. The molecule has 0 aromatic carbocycles. The normalized spacial score (nSPS) is 21.6. The van der Waals surface area contributed by atoms with Crippen molar-refractivity contribution in [2.24, 2.45) is 11.8 Å². The van der Waals surface area contributed by atoms with Gasteiger partial charge < -0.3 is 16.0 Å². The summed E-state index contributed by atoms with van der Waals surface area (Å²) in [5.41, 5.74) is 6.81. The molecule has 3 N–H and O–H groups in total. The fourth-order valence-corrected chi connectivity index (χ4v) is 4.65. The van der Waals surface area contributed by atoms with Gasteiger partial charge in [-0.1, -0.05) is 19.9 Å². The summed E-state index contributed by atoms with van der Waals surface area (Å²) in [5, 5.41) is 3.95. The number of nitrogens with two attached hydrogens (primary N) is 1. The standard InChI is InChI=1S/C15H23N3OS2/c1-5-6-17-14(19)12-11(16)13(20-4)15(21-12)18-7-9(2)10(3)8-18/h5,9-10H,1,6-8,16H2,2-4H3,(H,17,19). The zero-order valence-corrected chi connectivity index (χ0v) is 14.4. The van der Waals surface area contributed by atoms with Gasteiger partial charge >= 0.3 is 0 Å². The van der Waals surface area contributed by atoms with Crippen LogP contribution in [0.25, 0.3) is 0 Å². The molecule has 0 radical (unpaired) electrons. The summed E-state index contributed by atoms with van der Waals surface area (Å²) in [6, 6.07) is 0. The Labute approximate surface area is 134 Å². The van der Waals surface area contributed by atoms with E-state index in [0.717, 1.165) is 23.0 Å². The highest BCUT2D eigenvalue weighted by atomic mass is 32.2. The summed E-state index contributed by atoms with van der Waals surface area (Å²) in [7, 11) is 0. The third kappa shape index (κ3) is 3.21. The van der Waals surface area contributed by atoms with E-state index in [4.69, 9.17) is 5.73 Å². The zero-order valence-electron chi connectivity index (χ0n) is 12.8. The van der Waals surface area contributed by atoms with Crippen LogP contribution in [0.15, 0.2) is 17.6 Å². The summed E-state index contributed by atoms with van der Waals surface area (Å²) in [6.07, 6.45) is 3.68. The van der Waals surface area contributed by atoms with E-state index in [1.807, 2.05) is 6.26 Å². The van der Waals surface area contributed by atoms with Crippen molar-refractivity contribution in [1.82, 2.24) is 5.32 Å². The Morgan fingerprint density at radius 1 is 1.52 bits per heavy atom. The molecule has 1 aliphatic rings. The molecule has 21 heavy (non-hydrogen) atoms. The number of hydrogen-bond acceptors (Lipinski definition) is 5. The Balaban J connectivity index is 2.30. The summed E-state index contributed by atoms with van der Waals surface area (Å²) in [5.74, 6) is 1.22. The first kappa shape index (κ1) is 16.2. The quantitative estimate of drug-likeness (QED) is 0.645. The number of nitrogens with zero attached hydrogens (tertiary/aromatic N) is 1. The molecule has 1 fully saturated rings. The highest BCUT2D eigenvalue weighted by Crippen LogP contribution is 2.45. The fraction of sp³-hybridized carbons (Fsp3) is 0.533. The average molecular weight is 326 g/mol. The molecule has 2 heterocycles. The molecule has 116 valence electrons. The van der Waals surface area contributed by atoms with E-state index in [1.54, 1.807) is 17.8 Å². The minimum absolute atomic E-state index is 0.112. The van der Waals surface area contributed by atoms with E-state index >= 15 is 0 Å². The van der Waals surface area contributed by atoms with Gasteiger partial charge in [0.1, 0.15) is 9.88 Å². The molecule has 0 aliphatic carbocycles. The van der Waals surface area contributed by atoms with Crippen LogP contribution in [-0.4, -0.2) is 31.8 Å². The van der Waals surface area contributed by atoms with Crippen LogP contribution in [0.2, 0.25) is 0 Å². The van der Waals surface area contributed by atoms with Crippen LogP contribution in [0, 0.1) is 11.8 Å². The number of nitrogen functional groups attached to an aromatic ring is 1. The third-order valence-corrected chi connectivity index (χ3v) is 6.19. The van der Waals surface area contributed by atoms with Crippen LogP contribution in [0.5, 0.6) is 0 Å². The number of amides is 1. The van der Waals surface area contributed by atoms with Crippen LogP contribution < -0.4 is 16.0 Å². The Kier molecular flexibility index (Phi) is 5.22. The maximum absolute atomic E-state index is 12.2. The molecule has 4 nitrogen and oxygen atoms in total. The van der Waals surface area contributed by atoms with E-state index < -0.39 is 0 Å². The van der Waals surface area contributed by atoms with Gasteiger partial charge in [-0.3, -0.25) is 4.79 Å². The Morgan fingerprint density at radius 2 is 2.14 bits per heavy atom. The number of rotatable bonds is 5. The van der Waals surface area contributed by atoms with Crippen molar-refractivity contribution < 1.29 is 4.79 Å². The number of hydrogen-bond donors (Lipinski definition) is 2. The highest BCUT2D eigenvalue weighted by Gasteiger charge is 2.31. The lowest BCUT2D eigenvalue weighted by Crippen LogP contribution is -2.23. The van der Waals surface area contributed by atoms with E-state index in [9.17, 15) is 4.79 Å². The van der Waals surface area contributed by atoms with Crippen molar-refractivity contribution in [2.45, 2.75) is 18.7 Å². The molecule has 2 unspecified atom stereocenters. The molecule has 2 rings (SSSR count). The Bertz CT molecular complexity index is 531. The summed E-state index contributed by atoms with van der Waals surface area (Å²) in [6.45, 7) is 10.7. The predicted octanol–water partition coefficient (Wildman–Crippen LogP) is 3.06. The number of carbonyl (C=O) groups is 1. The summed E-state index contributed by atoms with van der Waals surface area (Å²) >= 11 is 3.12. The number of anilines is 2. The van der Waals surface area contributed by atoms with Gasteiger partial charge in [-0.2, -0.15) is 0 Å². The molecule has 1 amide bonds. The average Bonchev–Trinajstić information content (AvgIpc) is 2.96. The maximum Gasteiger partial charge on any atom is 0.263 e. The van der Waals surface area contributed by atoms with Crippen molar-refractivity contribution in [1.29, 1.82) is 0 Å². The highest BCUT2D eigenvalue weighted by molar-refractivity contribution is 7.99. The monoisotopic (exact) mass is 325 g/mol. The summed E-state index contributed by atoms with van der Waals surface area (Å²) < 4.78 is 0. The first-order chi connectivity index (χ1) is 9.99. The molecule has 6 heteroatoms. The molecule has 1 aromatic heterocycles. The number of thioether (sulfide) groups is 1. The van der Waals surface area contributed by atoms with Crippen molar-refractivity contribution in [3.63, 3.8) is 0 Å². The SMILES string of the molecule is C=CCNC(=O)c1sc(N2CC(C)C(C)C2)c(SC)c1N. The largest absolute Gasteiger partial charge is 0.396 e. The van der Waals surface area contributed by atoms with Crippen LogP contribution in [0.1, 0.15) is 23.5 Å². The van der Waals surface area contributed by atoms with Crippen molar-refractivity contribution in [3.8, 4) is 0 Å². The molecule has 0 saturated carbocycles. The molecule has 1 aliphatic heterocycles. The van der Waals surface area contributed by atoms with Gasteiger partial charge in [0.05, 0.1) is 10.6 Å². The number of thiophene rings is 1. The minimum Gasteiger partial charge on any atom is -0.396 e. The molecular weight excluding hydrogens is 302 g/mol. The first-order valence-electron chi connectivity index (χ1n) is 7.09. The van der Waals surface area contributed by atoms with Crippen LogP contribution in [0.4, 0.5) is 10.7 Å². The Morgan fingerprint density at radius 3 is 2.67 bits per heavy atom. The van der Waals surface area contributed by atoms with E-state index in [-0.39, 0.29) is 5.91 Å². The second-order valence-corrected chi connectivity index (χ2v) is 7.36. The van der Waals surface area contributed by atoms with Gasteiger partial charge in [0.2, 0.25) is 0 Å². The molecule has 1 aromatic rings. The van der Waals surface area contributed by atoms with Crippen molar-refractivity contribution in [3.05, 3.63) is 17.5 Å². The van der Waals surface area contributed by atoms with Gasteiger partial charge in [-0.15, -0.1) is 29.7 Å². The predicted molar refractivity (Wildman–Crippen MR) is 93.6 cm³/mol. The summed E-state index contributed by atoms with van der Waals surface area (Å²) in [4.78, 5) is 16.2. The molecular formula is C15H23N3OS2. The lowest BCUT2D eigenvalue weighted by molar-refractivity contribution is 0.0963. The van der Waals surface area contributed by atoms with Crippen LogP contribution in [-0.2, 0) is 0 Å².